The minimum absolute atomic E-state index is 0.104. The Balaban J connectivity index is 3.10. The van der Waals surface area contributed by atoms with E-state index in [4.69, 9.17) is 5.26 Å². The molecular formula is C10H7NO3. The van der Waals surface area contributed by atoms with Crippen molar-refractivity contribution in [2.45, 2.75) is 0 Å². The smallest absolute Gasteiger partial charge is 0.349 e. The number of carbonyl (C=O) groups is 2. The number of carbonyl (C=O) groups excluding carboxylic acids is 2. The maximum Gasteiger partial charge on any atom is 0.349 e. The molecule has 70 valence electrons. The fourth-order valence-corrected chi connectivity index (χ4v) is 0.952. The summed E-state index contributed by atoms with van der Waals surface area (Å²) < 4.78 is 4.41. The van der Waals surface area contributed by atoms with Crippen molar-refractivity contribution in [3.8, 4) is 6.07 Å². The second-order valence-electron chi connectivity index (χ2n) is 2.50. The number of rotatable bonds is 1. The lowest BCUT2D eigenvalue weighted by Gasteiger charge is -2.02. The van der Waals surface area contributed by atoms with E-state index < -0.39 is 5.97 Å². The van der Waals surface area contributed by atoms with Crippen LogP contribution >= 0.6 is 0 Å². The minimum Gasteiger partial charge on any atom is -0.465 e. The zero-order valence-electron chi connectivity index (χ0n) is 7.48. The van der Waals surface area contributed by atoms with Gasteiger partial charge in [0.2, 0.25) is 0 Å². The lowest BCUT2D eigenvalue weighted by Crippen LogP contribution is -2.06. The van der Waals surface area contributed by atoms with Crippen LogP contribution in [-0.2, 0) is 14.3 Å². The summed E-state index contributed by atoms with van der Waals surface area (Å²) in [5.41, 5.74) is 0.284. The van der Waals surface area contributed by atoms with E-state index in [9.17, 15) is 9.59 Å². The molecule has 0 N–H and O–H groups in total. The van der Waals surface area contributed by atoms with Gasteiger partial charge in [0.05, 0.1) is 7.11 Å². The molecule has 4 nitrogen and oxygen atoms in total. The average molecular weight is 189 g/mol. The van der Waals surface area contributed by atoms with E-state index in [0.29, 0.717) is 5.57 Å². The van der Waals surface area contributed by atoms with Gasteiger partial charge in [0.1, 0.15) is 11.6 Å². The summed E-state index contributed by atoms with van der Waals surface area (Å²) in [4.78, 5) is 21.8. The van der Waals surface area contributed by atoms with Crippen molar-refractivity contribution in [2.75, 3.05) is 7.11 Å². The van der Waals surface area contributed by atoms with Crippen molar-refractivity contribution in [3.63, 3.8) is 0 Å². The van der Waals surface area contributed by atoms with E-state index in [1.807, 2.05) is 0 Å². The van der Waals surface area contributed by atoms with Crippen LogP contribution in [-0.4, -0.2) is 18.9 Å². The zero-order chi connectivity index (χ0) is 10.6. The summed E-state index contributed by atoms with van der Waals surface area (Å²) in [5, 5.41) is 8.68. The molecule has 0 fully saturated rings. The summed E-state index contributed by atoms with van der Waals surface area (Å²) in [6, 6.07) is 1.73. The van der Waals surface area contributed by atoms with Crippen LogP contribution in [0.3, 0.4) is 0 Å². The lowest BCUT2D eigenvalue weighted by atomic mass is 10.0. The molecule has 0 unspecified atom stereocenters. The van der Waals surface area contributed by atoms with Crippen molar-refractivity contribution in [1.29, 1.82) is 5.26 Å². The highest BCUT2D eigenvalue weighted by atomic mass is 16.5. The largest absolute Gasteiger partial charge is 0.465 e. The van der Waals surface area contributed by atoms with Crippen LogP contribution in [0.1, 0.15) is 0 Å². The lowest BCUT2D eigenvalue weighted by molar-refractivity contribution is -0.135. The predicted octanol–water partition coefficient (Wildman–Crippen LogP) is 0.675. The summed E-state index contributed by atoms with van der Waals surface area (Å²) in [5.74, 6) is -0.873. The average Bonchev–Trinajstić information content (AvgIpc) is 2.21. The van der Waals surface area contributed by atoms with Gasteiger partial charge in [-0.1, -0.05) is 0 Å². The number of esters is 1. The van der Waals surface area contributed by atoms with Gasteiger partial charge in [0.15, 0.2) is 5.78 Å². The minimum atomic E-state index is -0.703. The van der Waals surface area contributed by atoms with Gasteiger partial charge in [-0.15, -0.1) is 0 Å². The van der Waals surface area contributed by atoms with Crippen LogP contribution in [0.4, 0.5) is 0 Å². The SMILES string of the molecule is COC(=O)C(C#N)=C1C=CC(=O)C=C1. The number of allylic oxidation sites excluding steroid dienone is 5. The highest BCUT2D eigenvalue weighted by Crippen LogP contribution is 2.12. The monoisotopic (exact) mass is 189 g/mol. The number of hydrogen-bond donors (Lipinski definition) is 0. The maximum atomic E-state index is 11.1. The Bertz CT molecular complexity index is 390. The van der Waals surface area contributed by atoms with E-state index in [2.05, 4.69) is 4.74 Å². The molecule has 0 aromatic heterocycles. The first-order valence-corrected chi connectivity index (χ1v) is 3.82. The molecule has 0 saturated heterocycles. The van der Waals surface area contributed by atoms with Crippen LogP contribution < -0.4 is 0 Å². The Hall–Kier alpha value is -2.15. The third-order valence-corrected chi connectivity index (χ3v) is 1.64. The number of nitrogens with zero attached hydrogens (tertiary/aromatic N) is 1. The van der Waals surface area contributed by atoms with Crippen molar-refractivity contribution >= 4 is 11.8 Å². The zero-order valence-corrected chi connectivity index (χ0v) is 7.48. The van der Waals surface area contributed by atoms with Gasteiger partial charge in [-0.2, -0.15) is 5.26 Å². The van der Waals surface area contributed by atoms with E-state index in [1.165, 1.54) is 31.4 Å². The fourth-order valence-electron chi connectivity index (χ4n) is 0.952. The van der Waals surface area contributed by atoms with Crippen LogP contribution in [0.5, 0.6) is 0 Å². The first-order valence-electron chi connectivity index (χ1n) is 3.82. The van der Waals surface area contributed by atoms with Crippen LogP contribution in [0.15, 0.2) is 35.5 Å². The van der Waals surface area contributed by atoms with Crippen LogP contribution in [0, 0.1) is 11.3 Å². The van der Waals surface area contributed by atoms with Gasteiger partial charge < -0.3 is 4.74 Å². The highest BCUT2D eigenvalue weighted by molar-refractivity contribution is 6.03. The van der Waals surface area contributed by atoms with Gasteiger partial charge in [0.25, 0.3) is 0 Å². The standard InChI is InChI=1S/C10H7NO3/c1-14-10(13)9(6-11)7-2-4-8(12)5-3-7/h2-5H,1H3. The second kappa shape index (κ2) is 4.19. The molecule has 0 radical (unpaired) electrons. The molecule has 4 heteroatoms. The number of nitriles is 1. The van der Waals surface area contributed by atoms with Crippen molar-refractivity contribution in [3.05, 3.63) is 35.5 Å². The Labute approximate surface area is 80.8 Å². The molecule has 0 aromatic rings. The summed E-state index contributed by atoms with van der Waals surface area (Å²) in [6.07, 6.45) is 5.40. The number of ketones is 1. The molecule has 0 bridgehead atoms. The molecule has 0 atom stereocenters. The second-order valence-corrected chi connectivity index (χ2v) is 2.50. The van der Waals surface area contributed by atoms with Crippen molar-refractivity contribution < 1.29 is 14.3 Å². The molecule has 0 saturated carbocycles. The third-order valence-electron chi connectivity index (χ3n) is 1.64. The highest BCUT2D eigenvalue weighted by Gasteiger charge is 2.13. The first-order chi connectivity index (χ1) is 6.69. The molecule has 0 aliphatic heterocycles. The Morgan fingerprint density at radius 2 is 1.93 bits per heavy atom. The normalized spacial score (nSPS) is 13.7. The molecule has 0 spiro atoms. The van der Waals surface area contributed by atoms with Gasteiger partial charge in [0, 0.05) is 0 Å². The number of methoxy groups -OCH3 is 1. The van der Waals surface area contributed by atoms with Crippen molar-refractivity contribution in [2.24, 2.45) is 0 Å². The Morgan fingerprint density at radius 3 is 2.36 bits per heavy atom. The van der Waals surface area contributed by atoms with Gasteiger partial charge >= 0.3 is 5.97 Å². The van der Waals surface area contributed by atoms with Gasteiger partial charge in [-0.05, 0) is 29.9 Å². The third kappa shape index (κ3) is 1.96. The van der Waals surface area contributed by atoms with E-state index in [0.717, 1.165) is 0 Å². The van der Waals surface area contributed by atoms with Crippen LogP contribution in [0.2, 0.25) is 0 Å². The molecule has 14 heavy (non-hydrogen) atoms. The van der Waals surface area contributed by atoms with Gasteiger partial charge in [-0.3, -0.25) is 4.79 Å². The topological polar surface area (TPSA) is 67.2 Å². The molecule has 1 aliphatic rings. The molecule has 1 aliphatic carbocycles. The fraction of sp³-hybridized carbons (Fsp3) is 0.100. The number of hydrogen-bond acceptors (Lipinski definition) is 4. The quantitative estimate of drug-likeness (QED) is 0.345. The van der Waals surface area contributed by atoms with Crippen molar-refractivity contribution in [1.82, 2.24) is 0 Å². The first kappa shape index (κ1) is 9.93. The van der Waals surface area contributed by atoms with Gasteiger partial charge in [-0.25, -0.2) is 4.79 Å². The summed E-state index contributed by atoms with van der Waals surface area (Å²) in [7, 11) is 1.20. The molecule has 1 rings (SSSR count). The number of ether oxygens (including phenoxy) is 1. The molecule has 0 aromatic carbocycles. The predicted molar refractivity (Wildman–Crippen MR) is 47.9 cm³/mol. The summed E-state index contributed by atoms with van der Waals surface area (Å²) in [6.45, 7) is 0. The summed E-state index contributed by atoms with van der Waals surface area (Å²) >= 11 is 0. The maximum absolute atomic E-state index is 11.1. The van der Waals surface area contributed by atoms with E-state index >= 15 is 0 Å². The van der Waals surface area contributed by atoms with E-state index in [-0.39, 0.29) is 11.4 Å². The Morgan fingerprint density at radius 1 is 1.36 bits per heavy atom. The van der Waals surface area contributed by atoms with E-state index in [1.54, 1.807) is 6.07 Å². The molecular weight excluding hydrogens is 182 g/mol. The molecule has 0 amide bonds. The molecule has 0 heterocycles. The Kier molecular flexibility index (Phi) is 2.97. The van der Waals surface area contributed by atoms with Crippen LogP contribution in [0.25, 0.3) is 0 Å².